The van der Waals surface area contributed by atoms with Gasteiger partial charge in [0, 0.05) is 18.0 Å². The Morgan fingerprint density at radius 2 is 1.74 bits per heavy atom. The summed E-state index contributed by atoms with van der Waals surface area (Å²) in [6.07, 6.45) is 1.17. The highest BCUT2D eigenvalue weighted by Crippen LogP contribution is 2.30. The van der Waals surface area contributed by atoms with E-state index in [1.165, 1.54) is 19.4 Å². The zero-order valence-electron chi connectivity index (χ0n) is 10.8. The van der Waals surface area contributed by atoms with Crippen LogP contribution in [0.15, 0.2) is 53.4 Å². The van der Waals surface area contributed by atoms with E-state index in [9.17, 15) is 8.42 Å². The third kappa shape index (κ3) is 3.26. The molecule has 4 nitrogen and oxygen atoms in total. The number of sulfone groups is 1. The molecule has 5 heteroatoms. The first-order valence-electron chi connectivity index (χ1n) is 5.71. The number of methoxy groups -OCH3 is 1. The number of anilines is 2. The van der Waals surface area contributed by atoms with Crippen molar-refractivity contribution in [3.8, 4) is 5.75 Å². The lowest BCUT2D eigenvalue weighted by molar-refractivity contribution is 0.415. The van der Waals surface area contributed by atoms with Gasteiger partial charge in [0.2, 0.25) is 0 Å². The molecular formula is C14H15NO3S. The van der Waals surface area contributed by atoms with E-state index in [0.717, 1.165) is 11.4 Å². The minimum absolute atomic E-state index is 0.239. The Morgan fingerprint density at radius 1 is 1.05 bits per heavy atom. The molecule has 0 aliphatic heterocycles. The molecule has 0 aliphatic carbocycles. The quantitative estimate of drug-likeness (QED) is 0.933. The smallest absolute Gasteiger partial charge is 0.175 e. The van der Waals surface area contributed by atoms with E-state index in [-0.39, 0.29) is 4.90 Å². The highest BCUT2D eigenvalue weighted by molar-refractivity contribution is 7.90. The van der Waals surface area contributed by atoms with Gasteiger partial charge in [-0.2, -0.15) is 0 Å². The van der Waals surface area contributed by atoms with Gasteiger partial charge in [-0.3, -0.25) is 0 Å². The predicted molar refractivity (Wildman–Crippen MR) is 75.8 cm³/mol. The van der Waals surface area contributed by atoms with E-state index in [2.05, 4.69) is 5.32 Å². The van der Waals surface area contributed by atoms with Crippen LogP contribution < -0.4 is 10.1 Å². The SMILES string of the molecule is COc1cc(S(C)(=O)=O)ccc1Nc1ccccc1. The number of rotatable bonds is 4. The topological polar surface area (TPSA) is 55.4 Å². The summed E-state index contributed by atoms with van der Waals surface area (Å²) in [4.78, 5) is 0.239. The molecule has 0 unspecified atom stereocenters. The van der Waals surface area contributed by atoms with Crippen LogP contribution in [0.2, 0.25) is 0 Å². The summed E-state index contributed by atoms with van der Waals surface area (Å²) in [5.74, 6) is 0.492. The molecule has 0 fully saturated rings. The van der Waals surface area contributed by atoms with Gasteiger partial charge in [0.1, 0.15) is 5.75 Å². The summed E-state index contributed by atoms with van der Waals surface area (Å²) in [5, 5.41) is 3.18. The van der Waals surface area contributed by atoms with Gasteiger partial charge < -0.3 is 10.1 Å². The fourth-order valence-corrected chi connectivity index (χ4v) is 2.32. The molecule has 0 heterocycles. The van der Waals surface area contributed by atoms with Crippen LogP contribution in [0.3, 0.4) is 0 Å². The minimum atomic E-state index is -3.23. The number of para-hydroxylation sites is 1. The molecule has 100 valence electrons. The minimum Gasteiger partial charge on any atom is -0.495 e. The first kappa shape index (κ1) is 13.4. The Morgan fingerprint density at radius 3 is 2.32 bits per heavy atom. The van der Waals surface area contributed by atoms with Crippen molar-refractivity contribution < 1.29 is 13.2 Å². The Labute approximate surface area is 113 Å². The molecule has 2 rings (SSSR count). The van der Waals surface area contributed by atoms with Crippen LogP contribution in [0.25, 0.3) is 0 Å². The summed E-state index contributed by atoms with van der Waals surface area (Å²) < 4.78 is 28.2. The highest BCUT2D eigenvalue weighted by atomic mass is 32.2. The zero-order valence-corrected chi connectivity index (χ0v) is 11.6. The number of hydrogen-bond acceptors (Lipinski definition) is 4. The van der Waals surface area contributed by atoms with E-state index in [1.54, 1.807) is 12.1 Å². The van der Waals surface area contributed by atoms with Gasteiger partial charge >= 0.3 is 0 Å². The van der Waals surface area contributed by atoms with Gasteiger partial charge in [-0.1, -0.05) is 18.2 Å². The lowest BCUT2D eigenvalue weighted by Crippen LogP contribution is -2.00. The fraction of sp³-hybridized carbons (Fsp3) is 0.143. The van der Waals surface area contributed by atoms with Gasteiger partial charge in [0.15, 0.2) is 9.84 Å². The Hall–Kier alpha value is -2.01. The molecule has 0 bridgehead atoms. The van der Waals surface area contributed by atoms with Crippen LogP contribution in [0.4, 0.5) is 11.4 Å². The van der Waals surface area contributed by atoms with Crippen molar-refractivity contribution in [2.75, 3.05) is 18.7 Å². The second-order valence-electron chi connectivity index (χ2n) is 4.13. The number of nitrogens with one attached hydrogen (secondary N) is 1. The Kier molecular flexibility index (Phi) is 3.76. The van der Waals surface area contributed by atoms with Crippen molar-refractivity contribution in [1.82, 2.24) is 0 Å². The maximum absolute atomic E-state index is 11.5. The third-order valence-electron chi connectivity index (χ3n) is 2.65. The molecular weight excluding hydrogens is 262 g/mol. The van der Waals surface area contributed by atoms with Crippen molar-refractivity contribution in [2.24, 2.45) is 0 Å². The Bertz CT molecular complexity index is 666. The van der Waals surface area contributed by atoms with Crippen molar-refractivity contribution in [1.29, 1.82) is 0 Å². The van der Waals surface area contributed by atoms with Crippen LogP contribution in [-0.4, -0.2) is 21.8 Å². The molecule has 0 atom stereocenters. The maximum Gasteiger partial charge on any atom is 0.175 e. The standard InChI is InChI=1S/C14H15NO3S/c1-18-14-10-12(19(2,16)17)8-9-13(14)15-11-6-4-3-5-7-11/h3-10,15H,1-2H3. The predicted octanol–water partition coefficient (Wildman–Crippen LogP) is 2.84. The van der Waals surface area contributed by atoms with E-state index < -0.39 is 9.84 Å². The molecule has 0 aromatic heterocycles. The fourth-order valence-electron chi connectivity index (χ4n) is 1.68. The number of benzene rings is 2. The molecule has 0 spiro atoms. The van der Waals surface area contributed by atoms with Gasteiger partial charge in [0.25, 0.3) is 0 Å². The highest BCUT2D eigenvalue weighted by Gasteiger charge is 2.11. The molecule has 2 aromatic carbocycles. The molecule has 1 N–H and O–H groups in total. The van der Waals surface area contributed by atoms with E-state index in [1.807, 2.05) is 30.3 Å². The molecule has 0 saturated carbocycles. The average Bonchev–Trinajstić information content (AvgIpc) is 2.39. The first-order chi connectivity index (χ1) is 9.00. The van der Waals surface area contributed by atoms with Crippen LogP contribution >= 0.6 is 0 Å². The molecule has 0 saturated heterocycles. The van der Waals surface area contributed by atoms with E-state index >= 15 is 0 Å². The lowest BCUT2D eigenvalue weighted by atomic mass is 10.2. The normalized spacial score (nSPS) is 11.1. The van der Waals surface area contributed by atoms with Crippen LogP contribution in [0.1, 0.15) is 0 Å². The summed E-state index contributed by atoms with van der Waals surface area (Å²) in [5.41, 5.74) is 1.63. The first-order valence-corrected chi connectivity index (χ1v) is 7.60. The molecule has 0 aliphatic rings. The molecule has 0 amide bonds. The summed E-state index contributed by atoms with van der Waals surface area (Å²) in [6, 6.07) is 14.4. The molecule has 0 radical (unpaired) electrons. The Balaban J connectivity index is 2.37. The van der Waals surface area contributed by atoms with Crippen molar-refractivity contribution in [2.45, 2.75) is 4.90 Å². The lowest BCUT2D eigenvalue weighted by Gasteiger charge is -2.12. The van der Waals surface area contributed by atoms with Crippen LogP contribution in [0, 0.1) is 0 Å². The van der Waals surface area contributed by atoms with Crippen molar-refractivity contribution in [3.05, 3.63) is 48.5 Å². The molecule has 19 heavy (non-hydrogen) atoms. The van der Waals surface area contributed by atoms with Gasteiger partial charge in [-0.15, -0.1) is 0 Å². The monoisotopic (exact) mass is 277 g/mol. The largest absolute Gasteiger partial charge is 0.495 e. The van der Waals surface area contributed by atoms with E-state index in [4.69, 9.17) is 4.74 Å². The summed E-state index contributed by atoms with van der Waals surface area (Å²) >= 11 is 0. The molecule has 2 aromatic rings. The van der Waals surface area contributed by atoms with Crippen molar-refractivity contribution in [3.63, 3.8) is 0 Å². The number of ether oxygens (including phenoxy) is 1. The maximum atomic E-state index is 11.5. The third-order valence-corrected chi connectivity index (χ3v) is 3.76. The van der Waals surface area contributed by atoms with Crippen LogP contribution in [0.5, 0.6) is 5.75 Å². The van der Waals surface area contributed by atoms with E-state index in [0.29, 0.717) is 5.75 Å². The zero-order chi connectivity index (χ0) is 13.9. The summed E-state index contributed by atoms with van der Waals surface area (Å²) in [7, 11) is -1.72. The van der Waals surface area contributed by atoms with Gasteiger partial charge in [-0.25, -0.2) is 8.42 Å². The summed E-state index contributed by atoms with van der Waals surface area (Å²) in [6.45, 7) is 0. The second-order valence-corrected chi connectivity index (χ2v) is 6.14. The van der Waals surface area contributed by atoms with Crippen LogP contribution in [-0.2, 0) is 9.84 Å². The average molecular weight is 277 g/mol. The van der Waals surface area contributed by atoms with Crippen molar-refractivity contribution >= 4 is 21.2 Å². The van der Waals surface area contributed by atoms with Gasteiger partial charge in [0.05, 0.1) is 17.7 Å². The van der Waals surface area contributed by atoms with Gasteiger partial charge in [-0.05, 0) is 24.3 Å². The second kappa shape index (κ2) is 5.32. The number of hydrogen-bond donors (Lipinski definition) is 1.